The first kappa shape index (κ1) is 14.9. The molecule has 0 atom stereocenters. The van der Waals surface area contributed by atoms with E-state index >= 15 is 0 Å². The molecular weight excluding hydrogens is 351 g/mol. The van der Waals surface area contributed by atoms with Crippen molar-refractivity contribution in [1.82, 2.24) is 25.6 Å². The molecule has 0 saturated heterocycles. The fourth-order valence-electron chi connectivity index (χ4n) is 2.91. The second-order valence-electron chi connectivity index (χ2n) is 5.76. The van der Waals surface area contributed by atoms with E-state index in [1.54, 1.807) is 23.5 Å². The number of pyridine rings is 1. The molecule has 2 N–H and O–H groups in total. The molecule has 3 aromatic heterocycles. The minimum atomic E-state index is -0.271. The summed E-state index contributed by atoms with van der Waals surface area (Å²) in [6, 6.07) is 12.1. The molecule has 8 heteroatoms. The van der Waals surface area contributed by atoms with Crippen molar-refractivity contribution in [2.45, 2.75) is 0 Å². The van der Waals surface area contributed by atoms with E-state index in [9.17, 15) is 4.39 Å². The molecule has 2 aromatic carbocycles. The van der Waals surface area contributed by atoms with Crippen molar-refractivity contribution in [3.05, 3.63) is 59.0 Å². The maximum atomic E-state index is 13.2. The summed E-state index contributed by atoms with van der Waals surface area (Å²) in [5.74, 6) is 0.977. The fraction of sp³-hybridized carbons (Fsp3) is 0. The number of tetrazole rings is 1. The summed E-state index contributed by atoms with van der Waals surface area (Å²) in [5.41, 5.74) is 2.43. The molecule has 0 saturated carbocycles. The molecule has 0 bridgehead atoms. The van der Waals surface area contributed by atoms with Crippen LogP contribution in [0.5, 0.6) is 0 Å². The zero-order valence-electron chi connectivity index (χ0n) is 13.3. The third-order valence-corrected chi connectivity index (χ3v) is 4.89. The van der Waals surface area contributed by atoms with Crippen molar-refractivity contribution >= 4 is 44.5 Å². The maximum Gasteiger partial charge on any atom is 0.204 e. The van der Waals surface area contributed by atoms with Gasteiger partial charge in [-0.2, -0.15) is 16.6 Å². The van der Waals surface area contributed by atoms with Crippen LogP contribution in [0.3, 0.4) is 0 Å². The molecular formula is C18H11FN6S. The number of thiophene rings is 1. The van der Waals surface area contributed by atoms with Crippen LogP contribution in [0.15, 0.2) is 53.2 Å². The van der Waals surface area contributed by atoms with Gasteiger partial charge in [-0.25, -0.2) is 9.37 Å². The molecule has 0 fully saturated rings. The highest BCUT2D eigenvalue weighted by atomic mass is 32.1. The van der Waals surface area contributed by atoms with Gasteiger partial charge in [-0.3, -0.25) is 0 Å². The molecule has 3 heterocycles. The van der Waals surface area contributed by atoms with Crippen LogP contribution in [0.4, 0.5) is 15.9 Å². The van der Waals surface area contributed by atoms with Crippen LogP contribution in [0.1, 0.15) is 0 Å². The van der Waals surface area contributed by atoms with E-state index in [1.807, 2.05) is 18.2 Å². The van der Waals surface area contributed by atoms with Gasteiger partial charge < -0.3 is 5.32 Å². The quantitative estimate of drug-likeness (QED) is 0.493. The van der Waals surface area contributed by atoms with Gasteiger partial charge in [0.15, 0.2) is 0 Å². The smallest absolute Gasteiger partial charge is 0.204 e. The zero-order valence-corrected chi connectivity index (χ0v) is 14.1. The Hall–Kier alpha value is -3.39. The van der Waals surface area contributed by atoms with Crippen molar-refractivity contribution in [1.29, 1.82) is 0 Å². The van der Waals surface area contributed by atoms with Gasteiger partial charge in [-0.15, -0.1) is 10.2 Å². The first-order chi connectivity index (χ1) is 12.8. The number of nitrogens with one attached hydrogen (secondary N) is 2. The number of halogens is 1. The Morgan fingerprint density at radius 3 is 2.62 bits per heavy atom. The van der Waals surface area contributed by atoms with Gasteiger partial charge in [0.2, 0.25) is 5.82 Å². The van der Waals surface area contributed by atoms with E-state index < -0.39 is 0 Å². The highest BCUT2D eigenvalue weighted by Crippen LogP contribution is 2.34. The van der Waals surface area contributed by atoms with E-state index in [0.717, 1.165) is 38.7 Å². The number of nitrogens with zero attached hydrogens (tertiary/aromatic N) is 4. The topological polar surface area (TPSA) is 79.4 Å². The first-order valence-electron chi connectivity index (χ1n) is 7.84. The Kier molecular flexibility index (Phi) is 3.36. The van der Waals surface area contributed by atoms with Crippen LogP contribution in [0.2, 0.25) is 0 Å². The molecule has 6 nitrogen and oxygen atoms in total. The maximum absolute atomic E-state index is 13.2. The van der Waals surface area contributed by atoms with E-state index in [0.29, 0.717) is 5.82 Å². The van der Waals surface area contributed by atoms with E-state index in [1.165, 1.54) is 12.1 Å². The second kappa shape index (κ2) is 5.85. The fourth-order valence-corrected chi connectivity index (χ4v) is 3.74. The van der Waals surface area contributed by atoms with Gasteiger partial charge in [0, 0.05) is 32.8 Å². The lowest BCUT2D eigenvalue weighted by Gasteiger charge is -2.10. The van der Waals surface area contributed by atoms with Crippen LogP contribution in [-0.2, 0) is 0 Å². The Balaban J connectivity index is 1.68. The average molecular weight is 362 g/mol. The summed E-state index contributed by atoms with van der Waals surface area (Å²) in [5, 5.41) is 24.7. The van der Waals surface area contributed by atoms with Gasteiger partial charge in [0.25, 0.3) is 0 Å². The summed E-state index contributed by atoms with van der Waals surface area (Å²) in [7, 11) is 0. The van der Waals surface area contributed by atoms with Gasteiger partial charge in [0.1, 0.15) is 11.6 Å². The van der Waals surface area contributed by atoms with Crippen molar-refractivity contribution in [3.8, 4) is 11.4 Å². The predicted molar refractivity (Wildman–Crippen MR) is 100.0 cm³/mol. The largest absolute Gasteiger partial charge is 0.340 e. The van der Waals surface area contributed by atoms with Crippen LogP contribution in [-0.4, -0.2) is 25.6 Å². The number of rotatable bonds is 3. The van der Waals surface area contributed by atoms with Gasteiger partial charge in [0.05, 0.1) is 5.52 Å². The molecule has 0 amide bonds. The number of anilines is 2. The number of benzene rings is 2. The Morgan fingerprint density at radius 1 is 0.962 bits per heavy atom. The predicted octanol–water partition coefficient (Wildman–Crippen LogP) is 4.51. The molecule has 0 spiro atoms. The third kappa shape index (κ3) is 2.47. The van der Waals surface area contributed by atoms with Crippen LogP contribution >= 0.6 is 11.3 Å². The minimum Gasteiger partial charge on any atom is -0.340 e. The summed E-state index contributed by atoms with van der Waals surface area (Å²) in [6.07, 6.45) is 0. The molecule has 0 unspecified atom stereocenters. The Morgan fingerprint density at radius 2 is 1.81 bits per heavy atom. The van der Waals surface area contributed by atoms with Crippen LogP contribution in [0, 0.1) is 5.82 Å². The van der Waals surface area contributed by atoms with Crippen LogP contribution in [0.25, 0.3) is 33.1 Å². The summed E-state index contributed by atoms with van der Waals surface area (Å²) in [4.78, 5) is 4.78. The average Bonchev–Trinajstić information content (AvgIpc) is 3.35. The summed E-state index contributed by atoms with van der Waals surface area (Å²) < 4.78 is 13.2. The SMILES string of the molecule is Fc1ccc(Nc2nc3cc(-c4nn[nH]n4)ccc3c3cscc23)cc1. The van der Waals surface area contributed by atoms with Crippen LogP contribution < -0.4 is 5.32 Å². The standard InChI is InChI=1S/C18H11FN6S/c19-11-2-4-12(5-3-11)20-18-15-9-26-8-14(15)13-6-1-10(7-16(13)21-18)17-22-24-25-23-17/h1-9H,(H,20,21)(H,22,23,24,25). The van der Waals surface area contributed by atoms with Gasteiger partial charge in [-0.1, -0.05) is 12.1 Å². The molecule has 0 radical (unpaired) electrons. The minimum absolute atomic E-state index is 0.271. The number of hydrogen-bond donors (Lipinski definition) is 2. The lowest BCUT2D eigenvalue weighted by Crippen LogP contribution is -1.95. The van der Waals surface area contributed by atoms with E-state index in [-0.39, 0.29) is 5.82 Å². The lowest BCUT2D eigenvalue weighted by molar-refractivity contribution is 0.628. The molecule has 5 aromatic rings. The Labute approximate surface area is 150 Å². The highest BCUT2D eigenvalue weighted by molar-refractivity contribution is 7.09. The van der Waals surface area contributed by atoms with Gasteiger partial charge in [-0.05, 0) is 40.9 Å². The first-order valence-corrected chi connectivity index (χ1v) is 8.78. The zero-order chi connectivity index (χ0) is 17.5. The second-order valence-corrected chi connectivity index (χ2v) is 6.50. The molecule has 0 aliphatic rings. The van der Waals surface area contributed by atoms with E-state index in [2.05, 4.69) is 36.7 Å². The Bertz CT molecular complexity index is 1210. The normalized spacial score (nSPS) is 11.3. The summed E-state index contributed by atoms with van der Waals surface area (Å²) in [6.45, 7) is 0. The monoisotopic (exact) mass is 362 g/mol. The van der Waals surface area contributed by atoms with Crippen molar-refractivity contribution < 1.29 is 4.39 Å². The molecule has 26 heavy (non-hydrogen) atoms. The number of H-pyrrole nitrogens is 1. The van der Waals surface area contributed by atoms with Crippen molar-refractivity contribution in [2.75, 3.05) is 5.32 Å². The highest BCUT2D eigenvalue weighted by Gasteiger charge is 2.12. The third-order valence-electron chi connectivity index (χ3n) is 4.15. The number of fused-ring (bicyclic) bond motifs is 3. The number of hydrogen-bond acceptors (Lipinski definition) is 6. The molecule has 126 valence electrons. The molecule has 0 aliphatic heterocycles. The number of aromatic amines is 1. The van der Waals surface area contributed by atoms with Crippen molar-refractivity contribution in [2.24, 2.45) is 0 Å². The van der Waals surface area contributed by atoms with Crippen molar-refractivity contribution in [3.63, 3.8) is 0 Å². The van der Waals surface area contributed by atoms with Gasteiger partial charge >= 0.3 is 0 Å². The molecule has 0 aliphatic carbocycles. The van der Waals surface area contributed by atoms with E-state index in [4.69, 9.17) is 4.98 Å². The number of aromatic nitrogens is 5. The lowest BCUT2D eigenvalue weighted by atomic mass is 10.1. The summed E-state index contributed by atoms with van der Waals surface area (Å²) >= 11 is 1.62. The molecule has 5 rings (SSSR count).